The van der Waals surface area contributed by atoms with Crippen molar-refractivity contribution < 1.29 is 26.3 Å². The van der Waals surface area contributed by atoms with E-state index < -0.39 is 62.6 Å². The van der Waals surface area contributed by atoms with E-state index in [1.165, 1.54) is 6.07 Å². The molecule has 0 aliphatic rings. The number of hydrogen-bond donors (Lipinski definition) is 0. The summed E-state index contributed by atoms with van der Waals surface area (Å²) in [4.78, 5) is 5.42. The average molecular weight is 464 g/mol. The predicted octanol–water partition coefficient (Wildman–Crippen LogP) is 5.01. The molecule has 0 fully saturated rings. The lowest BCUT2D eigenvalue weighted by atomic mass is 9.94. The van der Waals surface area contributed by atoms with Crippen LogP contribution in [-0.4, -0.2) is 0 Å². The Morgan fingerprint density at radius 3 is 1.82 bits per heavy atom. The highest BCUT2D eigenvalue weighted by atomic mass is 19.2. The number of nitrogens with zero attached hydrogens (tertiary/aromatic N) is 4. The van der Waals surface area contributed by atoms with Gasteiger partial charge in [0, 0.05) is 11.3 Å². The monoisotopic (exact) mass is 464 g/mol. The molecule has 0 bridgehead atoms. The summed E-state index contributed by atoms with van der Waals surface area (Å²) >= 11 is 0. The van der Waals surface area contributed by atoms with Crippen LogP contribution < -0.4 is 10.4 Å². The van der Waals surface area contributed by atoms with Crippen LogP contribution in [0.25, 0.3) is 32.1 Å². The van der Waals surface area contributed by atoms with Gasteiger partial charge in [0.1, 0.15) is 17.7 Å². The molecule has 3 aromatic carbocycles. The highest BCUT2D eigenvalue weighted by Gasteiger charge is 2.28. The second-order valence-electron chi connectivity index (χ2n) is 6.57. The van der Waals surface area contributed by atoms with Crippen molar-refractivity contribution in [2.45, 2.75) is 0 Å². The number of rotatable bonds is 2. The normalized spacial score (nSPS) is 12.1. The smallest absolute Gasteiger partial charge is 0.232 e. The third kappa shape index (κ3) is 3.93. The molecule has 0 saturated heterocycles. The van der Waals surface area contributed by atoms with E-state index in [2.05, 4.69) is 9.69 Å². The molecule has 10 heteroatoms. The molecule has 0 spiro atoms. The summed E-state index contributed by atoms with van der Waals surface area (Å²) in [7, 11) is 0. The first kappa shape index (κ1) is 23.6. The van der Waals surface area contributed by atoms with Crippen molar-refractivity contribution in [3.05, 3.63) is 110 Å². The lowest BCUT2D eigenvalue weighted by Crippen LogP contribution is -2.18. The molecule has 0 heterocycles. The highest BCUT2D eigenvalue weighted by molar-refractivity contribution is 5.83. The zero-order valence-electron chi connectivity index (χ0n) is 16.5. The van der Waals surface area contributed by atoms with Gasteiger partial charge in [-0.05, 0) is 28.5 Å². The molecule has 3 aromatic rings. The van der Waals surface area contributed by atoms with Gasteiger partial charge in [-0.25, -0.2) is 41.3 Å². The lowest BCUT2D eigenvalue weighted by Gasteiger charge is -2.11. The summed E-state index contributed by atoms with van der Waals surface area (Å²) < 4.78 is 85.6. The Bertz CT molecular complexity index is 1600. The molecular weight excluding hydrogens is 458 g/mol. The molecule has 0 unspecified atom stereocenters. The quantitative estimate of drug-likeness (QED) is 0.304. The van der Waals surface area contributed by atoms with Crippen molar-refractivity contribution in [3.8, 4) is 23.3 Å². The predicted molar refractivity (Wildman–Crippen MR) is 107 cm³/mol. The second kappa shape index (κ2) is 9.20. The molecule has 0 aromatic heterocycles. The van der Waals surface area contributed by atoms with Gasteiger partial charge in [0.25, 0.3) is 11.4 Å². The Hall–Kier alpha value is -5.06. The Labute approximate surface area is 187 Å². The van der Waals surface area contributed by atoms with Crippen molar-refractivity contribution in [2.24, 2.45) is 0 Å². The Balaban J connectivity index is 2.63. The lowest BCUT2D eigenvalue weighted by molar-refractivity contribution is 0.457. The van der Waals surface area contributed by atoms with Crippen molar-refractivity contribution in [1.82, 2.24) is 0 Å². The first-order valence-electron chi connectivity index (χ1n) is 8.95. The molecule has 0 radical (unpaired) electrons. The zero-order chi connectivity index (χ0) is 25.2. The number of benzene rings is 3. The fraction of sp³-hybridized carbons (Fsp3) is 0. The average Bonchev–Trinajstić information content (AvgIpc) is 2.81. The third-order valence-corrected chi connectivity index (χ3v) is 4.67. The van der Waals surface area contributed by atoms with Crippen LogP contribution in [0.15, 0.2) is 36.4 Å². The summed E-state index contributed by atoms with van der Waals surface area (Å²) in [5.74, 6) is -10.2. The van der Waals surface area contributed by atoms with Crippen molar-refractivity contribution in [1.29, 1.82) is 10.5 Å². The molecule has 0 aliphatic carbocycles. The van der Waals surface area contributed by atoms with Gasteiger partial charge in [-0.2, -0.15) is 5.26 Å². The van der Waals surface area contributed by atoms with Gasteiger partial charge in [0.05, 0.1) is 30.4 Å². The fourth-order valence-electron chi connectivity index (χ4n) is 3.20. The Kier molecular flexibility index (Phi) is 6.39. The summed E-state index contributed by atoms with van der Waals surface area (Å²) in [6.45, 7) is 13.8. The topological polar surface area (TPSA) is 56.3 Å². The fourth-order valence-corrected chi connectivity index (χ4v) is 3.20. The van der Waals surface area contributed by atoms with Gasteiger partial charge < -0.3 is 0 Å². The third-order valence-electron chi connectivity index (χ3n) is 4.67. The van der Waals surface area contributed by atoms with Crippen LogP contribution in [0.2, 0.25) is 0 Å². The van der Waals surface area contributed by atoms with E-state index in [-0.39, 0.29) is 16.3 Å². The van der Waals surface area contributed by atoms with E-state index in [9.17, 15) is 31.6 Å². The molecular formula is C24H6F6N4. The van der Waals surface area contributed by atoms with Crippen LogP contribution in [0.3, 0.4) is 0 Å². The van der Waals surface area contributed by atoms with Crippen LogP contribution in [0.1, 0.15) is 5.56 Å². The van der Waals surface area contributed by atoms with Gasteiger partial charge in [0.15, 0.2) is 23.3 Å². The molecule has 0 atom stereocenters. The van der Waals surface area contributed by atoms with Crippen LogP contribution in [0.4, 0.5) is 32.0 Å². The molecule has 0 aliphatic heterocycles. The number of nitriles is 2. The van der Waals surface area contributed by atoms with Crippen molar-refractivity contribution in [2.75, 3.05) is 0 Å². The SMILES string of the molecule is [C-]#[N+]/C(C#N)=c1\cc/c(=C(/C#N)c2c(F)c(F)c([N+]#[C-])c(F)c2F)c(-c2cc(F)cc(F)c2)c1. The van der Waals surface area contributed by atoms with E-state index in [4.69, 9.17) is 18.4 Å². The van der Waals surface area contributed by atoms with Crippen LogP contribution in [0, 0.1) is 70.7 Å². The molecule has 164 valence electrons. The van der Waals surface area contributed by atoms with Gasteiger partial charge in [-0.3, -0.25) is 0 Å². The second-order valence-corrected chi connectivity index (χ2v) is 6.57. The summed E-state index contributed by atoms with van der Waals surface area (Å²) in [5, 5.41) is 18.3. The van der Waals surface area contributed by atoms with Gasteiger partial charge >= 0.3 is 0 Å². The molecule has 0 N–H and O–H groups in total. The van der Waals surface area contributed by atoms with E-state index in [0.29, 0.717) is 6.07 Å². The van der Waals surface area contributed by atoms with E-state index >= 15 is 0 Å². The minimum absolute atomic E-state index is 0.0557. The van der Waals surface area contributed by atoms with Crippen LogP contribution >= 0.6 is 0 Å². The Morgan fingerprint density at radius 2 is 1.35 bits per heavy atom. The molecule has 0 saturated carbocycles. The van der Waals surface area contributed by atoms with Gasteiger partial charge in [-0.15, -0.1) is 0 Å². The minimum Gasteiger partial charge on any atom is -0.232 e. The molecule has 3 rings (SSSR count). The van der Waals surface area contributed by atoms with Crippen LogP contribution in [0.5, 0.6) is 0 Å². The number of hydrogen-bond acceptors (Lipinski definition) is 2. The first-order valence-corrected chi connectivity index (χ1v) is 8.95. The van der Waals surface area contributed by atoms with Crippen molar-refractivity contribution in [3.63, 3.8) is 0 Å². The maximum absolute atomic E-state index is 14.7. The summed E-state index contributed by atoms with van der Waals surface area (Å²) in [6.07, 6.45) is 0. The zero-order valence-corrected chi connectivity index (χ0v) is 16.5. The maximum Gasteiger partial charge on any atom is 0.268 e. The Morgan fingerprint density at radius 1 is 0.765 bits per heavy atom. The summed E-state index contributed by atoms with van der Waals surface area (Å²) in [5.41, 5.74) is -4.92. The van der Waals surface area contributed by atoms with Gasteiger partial charge in [-0.1, -0.05) is 18.2 Å². The minimum atomic E-state index is -2.03. The highest BCUT2D eigenvalue weighted by Crippen LogP contribution is 2.33. The number of halogens is 6. The molecule has 0 amide bonds. The van der Waals surface area contributed by atoms with E-state index in [1.54, 1.807) is 6.07 Å². The van der Waals surface area contributed by atoms with E-state index in [1.807, 2.05) is 0 Å². The maximum atomic E-state index is 14.7. The van der Waals surface area contributed by atoms with Crippen LogP contribution in [-0.2, 0) is 0 Å². The van der Waals surface area contributed by atoms with Gasteiger partial charge in [0.2, 0.25) is 0 Å². The first-order chi connectivity index (χ1) is 16.2. The molecule has 34 heavy (non-hydrogen) atoms. The molecule has 4 nitrogen and oxygen atoms in total. The largest absolute Gasteiger partial charge is 0.268 e. The summed E-state index contributed by atoms with van der Waals surface area (Å²) in [6, 6.07) is 8.35. The van der Waals surface area contributed by atoms with Crippen molar-refractivity contribution >= 4 is 17.0 Å². The van der Waals surface area contributed by atoms with E-state index in [0.717, 1.165) is 30.3 Å². The standard InChI is InChI=1S/C24H6F6N4/c1-33-18(10-32)11-3-4-15(16(7-11)12-5-13(25)8-14(26)6-12)17(9-31)19-20(27)22(29)24(34-2)23(30)21(19)28/h3-8H/b17-15+,18-11+.